The summed E-state index contributed by atoms with van der Waals surface area (Å²) in [5.74, 6) is 0.866. The maximum absolute atomic E-state index is 3.70. The van der Waals surface area contributed by atoms with Gasteiger partial charge in [0.15, 0.2) is 0 Å². The van der Waals surface area contributed by atoms with Gasteiger partial charge in [-0.15, -0.1) is 0 Å². The molecule has 2 nitrogen and oxygen atoms in total. The second-order valence-electron chi connectivity index (χ2n) is 5.71. The van der Waals surface area contributed by atoms with E-state index in [1.807, 2.05) is 6.20 Å². The lowest BCUT2D eigenvalue weighted by Crippen LogP contribution is -2.40. The smallest absolute Gasteiger partial charge is 0.0499 e. The van der Waals surface area contributed by atoms with Crippen molar-refractivity contribution in [2.45, 2.75) is 38.8 Å². The van der Waals surface area contributed by atoms with Crippen molar-refractivity contribution in [1.29, 1.82) is 0 Å². The van der Waals surface area contributed by atoms with Crippen LogP contribution in [0.25, 0.3) is 10.9 Å². The van der Waals surface area contributed by atoms with Crippen LogP contribution in [0, 0.1) is 5.92 Å². The Balaban J connectivity index is 1.78. The molecule has 0 spiro atoms. The number of aromatic nitrogens is 1. The Bertz CT molecular complexity index is 520. The van der Waals surface area contributed by atoms with E-state index in [9.17, 15) is 0 Å². The normalized spacial score (nSPS) is 16.6. The average Bonchev–Trinajstić information content (AvgIpc) is 3.06. The van der Waals surface area contributed by atoms with Crippen molar-refractivity contribution in [3.63, 3.8) is 0 Å². The Morgan fingerprint density at radius 3 is 2.88 bits per heavy atom. The molecular formula is C15H20N2. The topological polar surface area (TPSA) is 27.8 Å². The summed E-state index contributed by atoms with van der Waals surface area (Å²) in [7, 11) is 0. The molecule has 2 N–H and O–H groups in total. The molecular weight excluding hydrogens is 208 g/mol. The molecule has 0 bridgehead atoms. The lowest BCUT2D eigenvalue weighted by atomic mass is 9.98. The van der Waals surface area contributed by atoms with Gasteiger partial charge in [0.25, 0.3) is 0 Å². The fourth-order valence-electron chi connectivity index (χ4n) is 2.57. The molecule has 0 aliphatic heterocycles. The Morgan fingerprint density at radius 1 is 1.29 bits per heavy atom. The fraction of sp³-hybridized carbons (Fsp3) is 0.467. The standard InChI is InChI=1S/C15H20N2/c1-15(2,13-6-7-13)17-10-12-5-3-4-11-8-9-16-14(11)12/h3-5,8-9,13,16-17H,6-7,10H2,1-2H3. The van der Waals surface area contributed by atoms with Crippen LogP contribution in [0.4, 0.5) is 0 Å². The molecule has 2 aromatic rings. The van der Waals surface area contributed by atoms with Gasteiger partial charge in [-0.3, -0.25) is 0 Å². The third-order valence-electron chi connectivity index (χ3n) is 4.01. The van der Waals surface area contributed by atoms with E-state index in [1.165, 1.54) is 29.3 Å². The van der Waals surface area contributed by atoms with Gasteiger partial charge in [0.2, 0.25) is 0 Å². The van der Waals surface area contributed by atoms with Crippen LogP contribution in [0.3, 0.4) is 0 Å². The van der Waals surface area contributed by atoms with E-state index in [0.29, 0.717) is 0 Å². The van der Waals surface area contributed by atoms with Crippen molar-refractivity contribution in [2.24, 2.45) is 5.92 Å². The third-order valence-corrected chi connectivity index (χ3v) is 4.01. The summed E-state index contributed by atoms with van der Waals surface area (Å²) in [5, 5.41) is 5.00. The average molecular weight is 228 g/mol. The van der Waals surface area contributed by atoms with E-state index in [0.717, 1.165) is 12.5 Å². The van der Waals surface area contributed by atoms with Gasteiger partial charge in [-0.05, 0) is 49.6 Å². The maximum Gasteiger partial charge on any atom is 0.0499 e. The number of fused-ring (bicyclic) bond motifs is 1. The minimum Gasteiger partial charge on any atom is -0.361 e. The minimum absolute atomic E-state index is 0.273. The molecule has 0 radical (unpaired) electrons. The lowest BCUT2D eigenvalue weighted by molar-refractivity contribution is 0.340. The molecule has 0 unspecified atom stereocenters. The van der Waals surface area contributed by atoms with Gasteiger partial charge in [-0.1, -0.05) is 18.2 Å². The SMILES string of the molecule is CC(C)(NCc1cccc2cc[nH]c12)C1CC1. The van der Waals surface area contributed by atoms with Crippen LogP contribution in [0.5, 0.6) is 0 Å². The Kier molecular flexibility index (Phi) is 2.48. The zero-order valence-electron chi connectivity index (χ0n) is 10.6. The van der Waals surface area contributed by atoms with Crippen molar-refractivity contribution in [2.75, 3.05) is 0 Å². The third kappa shape index (κ3) is 2.09. The highest BCUT2D eigenvalue weighted by atomic mass is 15.0. The summed E-state index contributed by atoms with van der Waals surface area (Å²) in [4.78, 5) is 3.33. The highest BCUT2D eigenvalue weighted by Gasteiger charge is 2.37. The molecule has 1 aliphatic carbocycles. The van der Waals surface area contributed by atoms with E-state index >= 15 is 0 Å². The van der Waals surface area contributed by atoms with Crippen molar-refractivity contribution in [3.05, 3.63) is 36.0 Å². The summed E-state index contributed by atoms with van der Waals surface area (Å²) >= 11 is 0. The Hall–Kier alpha value is -1.28. The monoisotopic (exact) mass is 228 g/mol. The first-order valence-electron chi connectivity index (χ1n) is 6.47. The summed E-state index contributed by atoms with van der Waals surface area (Å²) in [6.07, 6.45) is 4.78. The van der Waals surface area contributed by atoms with E-state index in [4.69, 9.17) is 0 Å². The molecule has 1 aromatic carbocycles. The number of benzene rings is 1. The highest BCUT2D eigenvalue weighted by Crippen LogP contribution is 2.39. The van der Waals surface area contributed by atoms with E-state index in [-0.39, 0.29) is 5.54 Å². The van der Waals surface area contributed by atoms with Crippen LogP contribution < -0.4 is 5.32 Å². The van der Waals surface area contributed by atoms with E-state index in [1.54, 1.807) is 0 Å². The van der Waals surface area contributed by atoms with Gasteiger partial charge < -0.3 is 10.3 Å². The maximum atomic E-state index is 3.70. The first-order chi connectivity index (χ1) is 8.17. The van der Waals surface area contributed by atoms with Crippen LogP contribution in [0.2, 0.25) is 0 Å². The highest BCUT2D eigenvalue weighted by molar-refractivity contribution is 5.82. The predicted molar refractivity (Wildman–Crippen MR) is 71.9 cm³/mol. The van der Waals surface area contributed by atoms with Crippen molar-refractivity contribution in [3.8, 4) is 0 Å². The van der Waals surface area contributed by atoms with Gasteiger partial charge in [0, 0.05) is 23.8 Å². The van der Waals surface area contributed by atoms with Crippen LogP contribution in [-0.2, 0) is 6.54 Å². The largest absolute Gasteiger partial charge is 0.361 e. The van der Waals surface area contributed by atoms with E-state index < -0.39 is 0 Å². The van der Waals surface area contributed by atoms with Gasteiger partial charge in [-0.2, -0.15) is 0 Å². The second-order valence-corrected chi connectivity index (χ2v) is 5.71. The molecule has 17 heavy (non-hydrogen) atoms. The molecule has 1 aliphatic rings. The Labute approximate surface area is 102 Å². The van der Waals surface area contributed by atoms with Crippen molar-refractivity contribution < 1.29 is 0 Å². The Morgan fingerprint density at radius 2 is 2.12 bits per heavy atom. The predicted octanol–water partition coefficient (Wildman–Crippen LogP) is 3.45. The number of rotatable bonds is 4. The first-order valence-corrected chi connectivity index (χ1v) is 6.47. The molecule has 2 heteroatoms. The molecule has 0 atom stereocenters. The van der Waals surface area contributed by atoms with Gasteiger partial charge >= 0.3 is 0 Å². The number of nitrogens with one attached hydrogen (secondary N) is 2. The van der Waals surface area contributed by atoms with Gasteiger partial charge in [0.05, 0.1) is 0 Å². The molecule has 1 fully saturated rings. The van der Waals surface area contributed by atoms with Gasteiger partial charge in [-0.25, -0.2) is 0 Å². The zero-order valence-corrected chi connectivity index (χ0v) is 10.6. The molecule has 1 aromatic heterocycles. The zero-order chi connectivity index (χ0) is 11.9. The molecule has 90 valence electrons. The number of hydrogen-bond donors (Lipinski definition) is 2. The second kappa shape index (κ2) is 3.88. The summed E-state index contributed by atoms with van der Waals surface area (Å²) in [6.45, 7) is 5.58. The number of H-pyrrole nitrogens is 1. The molecule has 1 heterocycles. The lowest BCUT2D eigenvalue weighted by Gasteiger charge is -2.26. The van der Waals surface area contributed by atoms with Crippen LogP contribution >= 0.6 is 0 Å². The van der Waals surface area contributed by atoms with Crippen LogP contribution in [0.15, 0.2) is 30.5 Å². The molecule has 0 saturated heterocycles. The summed E-state index contributed by atoms with van der Waals surface area (Å²) in [5.41, 5.74) is 2.90. The van der Waals surface area contributed by atoms with Gasteiger partial charge in [0.1, 0.15) is 0 Å². The quantitative estimate of drug-likeness (QED) is 0.824. The summed E-state index contributed by atoms with van der Waals surface area (Å²) in [6, 6.07) is 8.62. The van der Waals surface area contributed by atoms with E-state index in [2.05, 4.69) is 48.4 Å². The number of hydrogen-bond acceptors (Lipinski definition) is 1. The van der Waals surface area contributed by atoms with Crippen LogP contribution in [0.1, 0.15) is 32.3 Å². The first kappa shape index (κ1) is 10.8. The van der Waals surface area contributed by atoms with Crippen molar-refractivity contribution in [1.82, 2.24) is 10.3 Å². The molecule has 1 saturated carbocycles. The molecule has 0 amide bonds. The minimum atomic E-state index is 0.273. The van der Waals surface area contributed by atoms with Crippen molar-refractivity contribution >= 4 is 10.9 Å². The number of para-hydroxylation sites is 1. The van der Waals surface area contributed by atoms with Crippen LogP contribution in [-0.4, -0.2) is 10.5 Å². The fourth-order valence-corrected chi connectivity index (χ4v) is 2.57. The summed E-state index contributed by atoms with van der Waals surface area (Å²) < 4.78 is 0. The number of aromatic amines is 1. The molecule has 3 rings (SSSR count).